The summed E-state index contributed by atoms with van der Waals surface area (Å²) >= 11 is 0. The number of rotatable bonds is 3. The van der Waals surface area contributed by atoms with E-state index >= 15 is 0 Å². The van der Waals surface area contributed by atoms with E-state index < -0.39 is 0 Å². The smallest absolute Gasteiger partial charge is 0.160 e. The first-order valence-electron chi connectivity index (χ1n) is 14.9. The molecule has 0 unspecified atom stereocenters. The van der Waals surface area contributed by atoms with Gasteiger partial charge in [0, 0.05) is 49.0 Å². The number of fused-ring (bicyclic) bond motifs is 9. The predicted molar refractivity (Wildman–Crippen MR) is 180 cm³/mol. The highest BCUT2D eigenvalue weighted by Crippen LogP contribution is 2.37. The Morgan fingerprint density at radius 1 is 0.311 bits per heavy atom. The van der Waals surface area contributed by atoms with Gasteiger partial charge < -0.3 is 13.3 Å². The van der Waals surface area contributed by atoms with Crippen LogP contribution in [0.4, 0.5) is 0 Å². The summed E-state index contributed by atoms with van der Waals surface area (Å²) in [6, 6.07) is 45.1. The molecule has 10 rings (SSSR count). The normalized spacial score (nSPS) is 12.0. The lowest BCUT2D eigenvalue weighted by atomic mass is 10.0. The van der Waals surface area contributed by atoms with Gasteiger partial charge in [0.25, 0.3) is 0 Å². The lowest BCUT2D eigenvalue weighted by molar-refractivity contribution is 0.668. The molecule has 0 amide bonds. The molecule has 0 aliphatic carbocycles. The van der Waals surface area contributed by atoms with Crippen LogP contribution in [0.1, 0.15) is 0 Å². The Morgan fingerprint density at radius 2 is 0.733 bits per heavy atom. The second kappa shape index (κ2) is 9.15. The molecule has 210 valence electrons. The zero-order valence-corrected chi connectivity index (χ0v) is 23.8. The largest absolute Gasteiger partial charge is 0.456 e. The molecule has 0 N–H and O–H groups in total. The molecule has 0 aliphatic rings. The van der Waals surface area contributed by atoms with Gasteiger partial charge in [-0.1, -0.05) is 60.7 Å². The van der Waals surface area contributed by atoms with Gasteiger partial charge in [0.1, 0.15) is 33.5 Å². The fraction of sp³-hybridized carbons (Fsp3) is 0. The minimum absolute atomic E-state index is 0.636. The lowest BCUT2D eigenvalue weighted by Crippen LogP contribution is -1.96. The molecule has 0 bridgehead atoms. The fourth-order valence-corrected chi connectivity index (χ4v) is 6.51. The predicted octanol–water partition coefficient (Wildman–Crippen LogP) is 11.2. The van der Waals surface area contributed by atoms with E-state index in [1.807, 2.05) is 72.8 Å². The van der Waals surface area contributed by atoms with Crippen LogP contribution in [0.2, 0.25) is 0 Å². The van der Waals surface area contributed by atoms with Gasteiger partial charge in [-0.25, -0.2) is 9.97 Å². The fourth-order valence-electron chi connectivity index (χ4n) is 6.51. The number of hydrogen-bond acceptors (Lipinski definition) is 5. The zero-order chi connectivity index (χ0) is 29.5. The van der Waals surface area contributed by atoms with Crippen LogP contribution in [0, 0.1) is 0 Å². The van der Waals surface area contributed by atoms with Crippen molar-refractivity contribution in [1.82, 2.24) is 9.97 Å². The van der Waals surface area contributed by atoms with Crippen LogP contribution in [0.5, 0.6) is 0 Å². The van der Waals surface area contributed by atoms with Crippen molar-refractivity contribution in [3.63, 3.8) is 0 Å². The van der Waals surface area contributed by atoms with Crippen LogP contribution >= 0.6 is 0 Å². The number of nitrogens with zero attached hydrogens (tertiary/aromatic N) is 2. The van der Waals surface area contributed by atoms with Crippen molar-refractivity contribution in [2.45, 2.75) is 0 Å². The molecule has 5 heteroatoms. The van der Waals surface area contributed by atoms with Crippen molar-refractivity contribution in [2.75, 3.05) is 0 Å². The van der Waals surface area contributed by atoms with Crippen molar-refractivity contribution >= 4 is 65.8 Å². The first-order valence-corrected chi connectivity index (χ1v) is 14.9. The third-order valence-corrected chi connectivity index (χ3v) is 8.71. The van der Waals surface area contributed by atoms with Crippen LogP contribution in [-0.2, 0) is 0 Å². The van der Waals surface area contributed by atoms with E-state index in [2.05, 4.69) is 60.7 Å². The number of furan rings is 3. The molecule has 0 fully saturated rings. The molecule has 6 aromatic carbocycles. The van der Waals surface area contributed by atoms with Gasteiger partial charge in [0.2, 0.25) is 0 Å². The summed E-state index contributed by atoms with van der Waals surface area (Å²) in [7, 11) is 0. The molecule has 4 aromatic heterocycles. The Hall–Kier alpha value is -6.20. The second-order valence-electron chi connectivity index (χ2n) is 11.4. The summed E-state index contributed by atoms with van der Waals surface area (Å²) < 4.78 is 18.5. The Bertz CT molecular complexity index is 2650. The topological polar surface area (TPSA) is 65.2 Å². The Labute approximate surface area is 256 Å². The summed E-state index contributed by atoms with van der Waals surface area (Å²) in [5.41, 5.74) is 9.60. The maximum Gasteiger partial charge on any atom is 0.160 e. The molecule has 0 atom stereocenters. The van der Waals surface area contributed by atoms with Gasteiger partial charge in [-0.3, -0.25) is 0 Å². The van der Waals surface area contributed by atoms with E-state index in [0.717, 1.165) is 93.9 Å². The summed E-state index contributed by atoms with van der Waals surface area (Å²) in [5, 5.41) is 6.42. The monoisotopic (exact) mass is 578 g/mol. The minimum Gasteiger partial charge on any atom is -0.456 e. The standard InChI is InChI=1S/C40H22N2O3/c1-4-10-34-26(7-1)29-16-13-24(21-39(29)45-34)33-22-32(23-14-17-37-30(19-23)27-8-2-5-11-35(27)43-37)41-40(42-33)25-15-18-38-31(20-25)28-9-3-6-12-36(28)44-38/h1-22H. The van der Waals surface area contributed by atoms with Gasteiger partial charge in [0.15, 0.2) is 5.82 Å². The third-order valence-electron chi connectivity index (χ3n) is 8.71. The molecule has 4 heterocycles. The lowest BCUT2D eigenvalue weighted by Gasteiger charge is -2.10. The van der Waals surface area contributed by atoms with Crippen molar-refractivity contribution in [1.29, 1.82) is 0 Å². The average molecular weight is 579 g/mol. The minimum atomic E-state index is 0.636. The third kappa shape index (κ3) is 3.74. The molecule has 10 aromatic rings. The molecule has 0 aliphatic heterocycles. The van der Waals surface area contributed by atoms with E-state index in [9.17, 15) is 0 Å². The van der Waals surface area contributed by atoms with Crippen LogP contribution in [0.15, 0.2) is 147 Å². The maximum absolute atomic E-state index is 6.24. The molecular weight excluding hydrogens is 556 g/mol. The van der Waals surface area contributed by atoms with Crippen molar-refractivity contribution in [3.05, 3.63) is 133 Å². The van der Waals surface area contributed by atoms with E-state index in [-0.39, 0.29) is 0 Å². The maximum atomic E-state index is 6.24. The first-order chi connectivity index (χ1) is 22.2. The van der Waals surface area contributed by atoms with E-state index in [1.54, 1.807) is 0 Å². The van der Waals surface area contributed by atoms with Gasteiger partial charge in [0.05, 0.1) is 11.4 Å². The number of aromatic nitrogens is 2. The zero-order valence-electron chi connectivity index (χ0n) is 23.8. The quantitative estimate of drug-likeness (QED) is 0.209. The van der Waals surface area contributed by atoms with Crippen LogP contribution < -0.4 is 0 Å². The SMILES string of the molecule is c1ccc2c(c1)oc1cc(-c3cc(-c4ccc5oc6ccccc6c5c4)nc(-c4ccc5oc6ccccc6c5c4)n3)ccc12. The van der Waals surface area contributed by atoms with Crippen LogP contribution in [0.3, 0.4) is 0 Å². The number of benzene rings is 6. The van der Waals surface area contributed by atoms with Gasteiger partial charge >= 0.3 is 0 Å². The summed E-state index contributed by atoms with van der Waals surface area (Å²) in [4.78, 5) is 10.3. The first kappa shape index (κ1) is 24.3. The van der Waals surface area contributed by atoms with Gasteiger partial charge in [-0.2, -0.15) is 0 Å². The van der Waals surface area contributed by atoms with Crippen molar-refractivity contribution < 1.29 is 13.3 Å². The summed E-state index contributed by atoms with van der Waals surface area (Å²) in [6.45, 7) is 0. The van der Waals surface area contributed by atoms with Crippen LogP contribution in [-0.4, -0.2) is 9.97 Å². The average Bonchev–Trinajstić information content (AvgIpc) is 3.78. The highest BCUT2D eigenvalue weighted by Gasteiger charge is 2.16. The van der Waals surface area contributed by atoms with Gasteiger partial charge in [-0.05, 0) is 72.8 Å². The Kier molecular flexibility index (Phi) is 4.93. The van der Waals surface area contributed by atoms with Gasteiger partial charge in [-0.15, -0.1) is 0 Å². The second-order valence-corrected chi connectivity index (χ2v) is 11.4. The van der Waals surface area contributed by atoms with E-state index in [1.165, 1.54) is 0 Å². The Balaban J connectivity index is 1.20. The van der Waals surface area contributed by atoms with E-state index in [4.69, 9.17) is 23.2 Å². The highest BCUT2D eigenvalue weighted by molar-refractivity contribution is 6.08. The van der Waals surface area contributed by atoms with Crippen molar-refractivity contribution in [2.24, 2.45) is 0 Å². The van der Waals surface area contributed by atoms with E-state index in [0.29, 0.717) is 5.82 Å². The van der Waals surface area contributed by atoms with Crippen molar-refractivity contribution in [3.8, 4) is 33.9 Å². The number of hydrogen-bond donors (Lipinski definition) is 0. The molecule has 5 nitrogen and oxygen atoms in total. The highest BCUT2D eigenvalue weighted by atomic mass is 16.3. The Morgan fingerprint density at radius 3 is 1.36 bits per heavy atom. The molecule has 45 heavy (non-hydrogen) atoms. The molecule has 0 spiro atoms. The molecule has 0 radical (unpaired) electrons. The molecule has 0 saturated heterocycles. The van der Waals surface area contributed by atoms with Crippen LogP contribution in [0.25, 0.3) is 99.7 Å². The molecular formula is C40H22N2O3. The number of para-hydroxylation sites is 3. The summed E-state index contributed by atoms with van der Waals surface area (Å²) in [6.07, 6.45) is 0. The molecule has 0 saturated carbocycles. The summed E-state index contributed by atoms with van der Waals surface area (Å²) in [5.74, 6) is 0.636.